The first-order valence-electron chi connectivity index (χ1n) is 13.5. The number of hydrogen-bond donors (Lipinski definition) is 2. The van der Waals surface area contributed by atoms with E-state index in [1.54, 1.807) is 0 Å². The summed E-state index contributed by atoms with van der Waals surface area (Å²) in [4.78, 5) is 32.9. The molecule has 0 unspecified atom stereocenters. The van der Waals surface area contributed by atoms with Crippen LogP contribution in [0, 0.1) is 0 Å². The lowest BCUT2D eigenvalue weighted by Crippen LogP contribution is -2.05. The van der Waals surface area contributed by atoms with Crippen molar-refractivity contribution in [1.82, 2.24) is 0 Å². The predicted molar refractivity (Wildman–Crippen MR) is 141 cm³/mol. The molecule has 0 aromatic heterocycles. The maximum Gasteiger partial charge on any atom is 0.310 e. The lowest BCUT2D eigenvalue weighted by atomic mass is 10.0. The highest BCUT2D eigenvalue weighted by Crippen LogP contribution is 2.13. The van der Waals surface area contributed by atoms with Crippen LogP contribution in [0.2, 0.25) is 0 Å². The molecule has 8 heteroatoms. The number of ether oxygens (including phenoxy) is 3. The first-order chi connectivity index (χ1) is 17.5. The third-order valence-corrected chi connectivity index (χ3v) is 5.30. The van der Waals surface area contributed by atoms with Crippen LogP contribution in [0.15, 0.2) is 25.7 Å². The Hall–Kier alpha value is -2.19. The fourth-order valence-electron chi connectivity index (χ4n) is 3.31. The maximum absolute atomic E-state index is 11.4. The minimum atomic E-state index is -0.336. The van der Waals surface area contributed by atoms with E-state index >= 15 is 0 Å². The van der Waals surface area contributed by atoms with Crippen molar-refractivity contribution in [2.75, 3.05) is 19.8 Å². The molecule has 0 aromatic carbocycles. The molecule has 1 aliphatic rings. The zero-order chi connectivity index (χ0) is 27.1. The number of hydrogen-bond acceptors (Lipinski definition) is 8. The summed E-state index contributed by atoms with van der Waals surface area (Å²) in [7, 11) is 0. The van der Waals surface area contributed by atoms with Crippen molar-refractivity contribution in [3.63, 3.8) is 0 Å². The van der Waals surface area contributed by atoms with E-state index in [-0.39, 0.29) is 44.0 Å². The summed E-state index contributed by atoms with van der Waals surface area (Å²) in [6.07, 6.45) is 20.4. The largest absolute Gasteiger partial charge is 0.466 e. The third kappa shape index (κ3) is 31.8. The quantitative estimate of drug-likeness (QED) is 0.169. The number of esters is 3. The first kappa shape index (κ1) is 36.0. The Balaban J connectivity index is 0. The number of aliphatic hydroxyl groups is 2. The summed E-state index contributed by atoms with van der Waals surface area (Å²) in [6.45, 7) is 7.33. The van der Waals surface area contributed by atoms with Gasteiger partial charge in [0.2, 0.25) is 0 Å². The zero-order valence-electron chi connectivity index (χ0n) is 22.3. The molecule has 0 aliphatic carbocycles. The monoisotopic (exact) mass is 514 g/mol. The number of unbranched alkanes of at least 4 members (excludes halogenated alkanes) is 1. The molecule has 8 nitrogen and oxygen atoms in total. The average molecular weight is 515 g/mol. The van der Waals surface area contributed by atoms with Gasteiger partial charge in [-0.05, 0) is 32.1 Å². The highest BCUT2D eigenvalue weighted by Gasteiger charge is 2.04. The number of carbonyl (C=O) groups is 3. The molecule has 210 valence electrons. The molecule has 0 spiro atoms. The lowest BCUT2D eigenvalue weighted by Gasteiger charge is -2.06. The molecule has 1 heterocycles. The fourth-order valence-corrected chi connectivity index (χ4v) is 3.31. The molecule has 0 radical (unpaired) electrons. The second kappa shape index (κ2) is 30.8. The molecular weight excluding hydrogens is 464 g/mol. The Morgan fingerprint density at radius 3 is 1.44 bits per heavy atom. The van der Waals surface area contributed by atoms with Gasteiger partial charge in [0.15, 0.2) is 0 Å². The molecule has 0 atom stereocenters. The average Bonchev–Trinajstić information content (AvgIpc) is 2.85. The Bertz CT molecular complexity index is 504. The maximum atomic E-state index is 11.4. The molecule has 0 saturated carbocycles. The molecule has 1 aliphatic heterocycles. The summed E-state index contributed by atoms with van der Waals surface area (Å²) in [5.41, 5.74) is 0. The summed E-state index contributed by atoms with van der Waals surface area (Å²) in [5, 5.41) is 15.8. The van der Waals surface area contributed by atoms with Crippen molar-refractivity contribution < 1.29 is 38.8 Å². The van der Waals surface area contributed by atoms with Gasteiger partial charge in [-0.25, -0.2) is 0 Å². The van der Waals surface area contributed by atoms with Crippen LogP contribution in [-0.4, -0.2) is 47.9 Å². The van der Waals surface area contributed by atoms with Crippen LogP contribution in [0.1, 0.15) is 116 Å². The standard InChI is InChI=1S/C15H28O2.C10H14O4.C3H8O2/c16-15-13-11-9-7-5-3-1-2-4-6-8-10-12-14-17-15;1-3-13-9(11)7-5-6-8-10(12)14-4-2;4-2-1-3-5/h1-14H2;3-4H,1-2,5-8H2;4-5H,1-3H2. The van der Waals surface area contributed by atoms with Gasteiger partial charge in [-0.3, -0.25) is 14.4 Å². The van der Waals surface area contributed by atoms with Crippen molar-refractivity contribution in [2.45, 2.75) is 116 Å². The normalized spacial score (nSPS) is 15.4. The van der Waals surface area contributed by atoms with Crippen LogP contribution in [0.3, 0.4) is 0 Å². The molecule has 1 fully saturated rings. The summed E-state index contributed by atoms with van der Waals surface area (Å²) >= 11 is 0. The van der Waals surface area contributed by atoms with E-state index in [1.165, 1.54) is 64.2 Å². The van der Waals surface area contributed by atoms with Crippen LogP contribution >= 0.6 is 0 Å². The molecule has 0 bridgehead atoms. The first-order valence-corrected chi connectivity index (χ1v) is 13.5. The number of carbonyl (C=O) groups excluding carboxylic acids is 3. The van der Waals surface area contributed by atoms with Gasteiger partial charge in [0.25, 0.3) is 0 Å². The summed E-state index contributed by atoms with van der Waals surface area (Å²) in [6, 6.07) is 0. The number of cyclic esters (lactones) is 1. The van der Waals surface area contributed by atoms with Gasteiger partial charge in [-0.1, -0.05) is 77.4 Å². The van der Waals surface area contributed by atoms with Crippen LogP contribution in [0.5, 0.6) is 0 Å². The molecule has 0 aromatic rings. The Kier molecular flexibility index (Phi) is 30.8. The molecule has 0 amide bonds. The van der Waals surface area contributed by atoms with E-state index in [4.69, 9.17) is 14.9 Å². The number of rotatable bonds is 9. The minimum Gasteiger partial charge on any atom is -0.466 e. The van der Waals surface area contributed by atoms with E-state index in [9.17, 15) is 14.4 Å². The SMILES string of the molecule is C=COC(=O)CCCCC(=O)OC=C.O=C1CCCCCCCCCCCCCCO1.OCCCO. The van der Waals surface area contributed by atoms with Gasteiger partial charge in [0.1, 0.15) is 0 Å². The van der Waals surface area contributed by atoms with E-state index in [2.05, 4.69) is 22.6 Å². The van der Waals surface area contributed by atoms with Crippen LogP contribution in [0.25, 0.3) is 0 Å². The van der Waals surface area contributed by atoms with E-state index in [1.807, 2.05) is 0 Å². The van der Waals surface area contributed by atoms with Crippen LogP contribution < -0.4 is 0 Å². The predicted octanol–water partition coefficient (Wildman–Crippen LogP) is 5.90. The minimum absolute atomic E-state index is 0.0112. The van der Waals surface area contributed by atoms with Crippen molar-refractivity contribution in [3.8, 4) is 0 Å². The zero-order valence-corrected chi connectivity index (χ0v) is 22.3. The number of aliphatic hydroxyl groups excluding tert-OH is 2. The van der Waals surface area contributed by atoms with Crippen molar-refractivity contribution in [1.29, 1.82) is 0 Å². The Morgan fingerprint density at radius 1 is 0.694 bits per heavy atom. The molecule has 1 saturated heterocycles. The van der Waals surface area contributed by atoms with Gasteiger partial charge in [-0.2, -0.15) is 0 Å². The molecule has 2 N–H and O–H groups in total. The topological polar surface area (TPSA) is 119 Å². The molecule has 36 heavy (non-hydrogen) atoms. The van der Waals surface area contributed by atoms with Gasteiger partial charge < -0.3 is 24.4 Å². The van der Waals surface area contributed by atoms with Crippen LogP contribution in [0.4, 0.5) is 0 Å². The second-order valence-electron chi connectivity index (χ2n) is 8.53. The molecule has 1 rings (SSSR count). The van der Waals surface area contributed by atoms with Crippen molar-refractivity contribution in [2.24, 2.45) is 0 Å². The van der Waals surface area contributed by atoms with Gasteiger partial charge in [-0.15, -0.1) is 0 Å². The van der Waals surface area contributed by atoms with Crippen molar-refractivity contribution >= 4 is 17.9 Å². The summed E-state index contributed by atoms with van der Waals surface area (Å²) < 4.78 is 14.2. The van der Waals surface area contributed by atoms with E-state index in [0.29, 0.717) is 32.3 Å². The third-order valence-electron chi connectivity index (χ3n) is 5.30. The van der Waals surface area contributed by atoms with Gasteiger partial charge >= 0.3 is 17.9 Å². The van der Waals surface area contributed by atoms with Gasteiger partial charge in [0, 0.05) is 32.5 Å². The van der Waals surface area contributed by atoms with Gasteiger partial charge in [0.05, 0.1) is 19.1 Å². The fraction of sp³-hybridized carbons (Fsp3) is 0.750. The Morgan fingerprint density at radius 2 is 1.08 bits per heavy atom. The highest BCUT2D eigenvalue weighted by atomic mass is 16.5. The van der Waals surface area contributed by atoms with E-state index in [0.717, 1.165) is 25.4 Å². The highest BCUT2D eigenvalue weighted by molar-refractivity contribution is 5.71. The Labute approximate surface area is 218 Å². The smallest absolute Gasteiger partial charge is 0.310 e. The van der Waals surface area contributed by atoms with Crippen molar-refractivity contribution in [3.05, 3.63) is 25.7 Å². The van der Waals surface area contributed by atoms with Crippen LogP contribution in [-0.2, 0) is 28.6 Å². The summed E-state index contributed by atoms with van der Waals surface area (Å²) in [5.74, 6) is -0.661. The molecular formula is C28H50O8. The lowest BCUT2D eigenvalue weighted by molar-refractivity contribution is -0.144. The second-order valence-corrected chi connectivity index (χ2v) is 8.53. The van der Waals surface area contributed by atoms with E-state index < -0.39 is 0 Å².